The number of anilines is 1. The third kappa shape index (κ3) is 2.34. The molecule has 3 nitrogen and oxygen atoms in total. The Kier molecular flexibility index (Phi) is 3.32. The number of aromatic nitrogens is 1. The second-order valence-corrected chi connectivity index (χ2v) is 6.02. The topological polar surface area (TPSA) is 48.1 Å². The number of nitrogens with zero attached hydrogens (tertiary/aromatic N) is 1. The Balaban J connectivity index is 1.89. The van der Waals surface area contributed by atoms with Gasteiger partial charge in [0.15, 0.2) is 0 Å². The number of ether oxygens (including phenoxy) is 1. The highest BCUT2D eigenvalue weighted by Gasteiger charge is 2.07. The second-order valence-electron chi connectivity index (χ2n) is 4.74. The van der Waals surface area contributed by atoms with Gasteiger partial charge in [0.05, 0.1) is 5.69 Å². The van der Waals surface area contributed by atoms with Gasteiger partial charge in [-0.2, -0.15) is 0 Å². The van der Waals surface area contributed by atoms with Crippen LogP contribution in [0.25, 0.3) is 10.8 Å². The van der Waals surface area contributed by atoms with Crippen LogP contribution in [0, 0.1) is 13.8 Å². The molecule has 4 heteroatoms. The van der Waals surface area contributed by atoms with E-state index in [9.17, 15) is 0 Å². The van der Waals surface area contributed by atoms with E-state index in [4.69, 9.17) is 10.5 Å². The van der Waals surface area contributed by atoms with E-state index in [1.165, 1.54) is 4.88 Å². The van der Waals surface area contributed by atoms with Gasteiger partial charge in [0.2, 0.25) is 0 Å². The van der Waals surface area contributed by atoms with Crippen LogP contribution in [-0.2, 0) is 6.61 Å². The van der Waals surface area contributed by atoms with Gasteiger partial charge in [-0.15, -0.1) is 11.3 Å². The lowest BCUT2D eigenvalue weighted by molar-refractivity contribution is 0.309. The zero-order valence-corrected chi connectivity index (χ0v) is 12.3. The average molecular weight is 284 g/mol. The fourth-order valence-corrected chi connectivity index (χ4v) is 3.01. The van der Waals surface area contributed by atoms with Crippen LogP contribution in [0.5, 0.6) is 5.75 Å². The van der Waals surface area contributed by atoms with Gasteiger partial charge in [0.1, 0.15) is 17.4 Å². The van der Waals surface area contributed by atoms with Crippen molar-refractivity contribution in [3.63, 3.8) is 0 Å². The van der Waals surface area contributed by atoms with Gasteiger partial charge >= 0.3 is 0 Å². The number of nitrogens with two attached hydrogens (primary N) is 1. The number of thiazole rings is 1. The molecule has 3 aromatic rings. The quantitative estimate of drug-likeness (QED) is 0.737. The van der Waals surface area contributed by atoms with Gasteiger partial charge in [0.25, 0.3) is 0 Å². The van der Waals surface area contributed by atoms with Crippen LogP contribution in [0.15, 0.2) is 36.4 Å². The van der Waals surface area contributed by atoms with Gasteiger partial charge in [-0.25, -0.2) is 4.98 Å². The maximum absolute atomic E-state index is 5.99. The Morgan fingerprint density at radius 3 is 2.55 bits per heavy atom. The van der Waals surface area contributed by atoms with Crippen molar-refractivity contribution in [3.8, 4) is 5.75 Å². The number of rotatable bonds is 3. The molecule has 0 aliphatic rings. The number of nitrogen functional groups attached to an aromatic ring is 1. The third-order valence-corrected chi connectivity index (χ3v) is 4.39. The van der Waals surface area contributed by atoms with Crippen molar-refractivity contribution >= 4 is 27.8 Å². The maximum atomic E-state index is 5.99. The van der Waals surface area contributed by atoms with E-state index in [1.54, 1.807) is 11.3 Å². The molecule has 0 fully saturated rings. The van der Waals surface area contributed by atoms with E-state index in [1.807, 2.05) is 43.3 Å². The lowest BCUT2D eigenvalue weighted by atomic mass is 10.1. The number of aryl methyl sites for hydroxylation is 2. The van der Waals surface area contributed by atoms with Crippen LogP contribution in [0.2, 0.25) is 0 Å². The standard InChI is InChI=1S/C16H16N2OS/c1-10-11(2)20-16(18-10)9-19-15-8-7-14(17)12-5-3-4-6-13(12)15/h3-8H,9,17H2,1-2H3. The summed E-state index contributed by atoms with van der Waals surface area (Å²) in [6.45, 7) is 4.59. The van der Waals surface area contributed by atoms with Crippen LogP contribution in [0.1, 0.15) is 15.6 Å². The molecular weight excluding hydrogens is 268 g/mol. The Labute approximate surface area is 122 Å². The molecule has 0 bridgehead atoms. The predicted octanol–water partition coefficient (Wildman–Crippen LogP) is 4.07. The van der Waals surface area contributed by atoms with Gasteiger partial charge in [-0.1, -0.05) is 24.3 Å². The van der Waals surface area contributed by atoms with Crippen molar-refractivity contribution in [1.82, 2.24) is 4.98 Å². The Bertz CT molecular complexity index is 745. The van der Waals surface area contributed by atoms with Crippen LogP contribution in [0.4, 0.5) is 5.69 Å². The van der Waals surface area contributed by atoms with Crippen molar-refractivity contribution in [2.45, 2.75) is 20.5 Å². The molecular formula is C16H16N2OS. The summed E-state index contributed by atoms with van der Waals surface area (Å²) in [4.78, 5) is 5.73. The SMILES string of the molecule is Cc1nc(COc2ccc(N)c3ccccc23)sc1C. The number of fused-ring (bicyclic) bond motifs is 1. The molecule has 0 unspecified atom stereocenters. The summed E-state index contributed by atoms with van der Waals surface area (Å²) in [5, 5.41) is 3.06. The molecule has 0 saturated carbocycles. The van der Waals surface area contributed by atoms with Crippen LogP contribution < -0.4 is 10.5 Å². The molecule has 0 spiro atoms. The predicted molar refractivity (Wildman–Crippen MR) is 84.3 cm³/mol. The summed E-state index contributed by atoms with van der Waals surface area (Å²) in [5.41, 5.74) is 7.84. The van der Waals surface area contributed by atoms with Crippen molar-refractivity contribution in [1.29, 1.82) is 0 Å². The minimum atomic E-state index is 0.493. The molecule has 0 saturated heterocycles. The second kappa shape index (κ2) is 5.13. The molecule has 0 aliphatic heterocycles. The molecule has 2 aromatic carbocycles. The average Bonchev–Trinajstić information content (AvgIpc) is 2.77. The van der Waals surface area contributed by atoms with Crippen molar-refractivity contribution in [2.24, 2.45) is 0 Å². The zero-order valence-electron chi connectivity index (χ0n) is 11.5. The molecule has 0 atom stereocenters. The highest BCUT2D eigenvalue weighted by molar-refractivity contribution is 7.11. The van der Waals surface area contributed by atoms with Gasteiger partial charge in [0, 0.05) is 21.3 Å². The largest absolute Gasteiger partial charge is 0.486 e. The van der Waals surface area contributed by atoms with E-state index in [0.717, 1.165) is 32.9 Å². The Hall–Kier alpha value is -2.07. The normalized spacial score (nSPS) is 10.9. The lowest BCUT2D eigenvalue weighted by Crippen LogP contribution is -1.96. The van der Waals surface area contributed by atoms with E-state index in [-0.39, 0.29) is 0 Å². The van der Waals surface area contributed by atoms with E-state index < -0.39 is 0 Å². The van der Waals surface area contributed by atoms with Gasteiger partial charge in [-0.05, 0) is 26.0 Å². The first-order valence-electron chi connectivity index (χ1n) is 6.48. The first-order chi connectivity index (χ1) is 9.65. The van der Waals surface area contributed by atoms with E-state index in [0.29, 0.717) is 6.61 Å². The van der Waals surface area contributed by atoms with Gasteiger partial charge in [-0.3, -0.25) is 0 Å². The summed E-state index contributed by atoms with van der Waals surface area (Å²) in [7, 11) is 0. The minimum absolute atomic E-state index is 0.493. The minimum Gasteiger partial charge on any atom is -0.486 e. The molecule has 20 heavy (non-hydrogen) atoms. The van der Waals surface area contributed by atoms with Gasteiger partial charge < -0.3 is 10.5 Å². The smallest absolute Gasteiger partial charge is 0.140 e. The molecule has 0 amide bonds. The highest BCUT2D eigenvalue weighted by atomic mass is 32.1. The Morgan fingerprint density at radius 2 is 1.85 bits per heavy atom. The monoisotopic (exact) mass is 284 g/mol. The summed E-state index contributed by atoms with van der Waals surface area (Å²) in [6, 6.07) is 11.8. The zero-order chi connectivity index (χ0) is 14.1. The van der Waals surface area contributed by atoms with Crippen molar-refractivity contribution < 1.29 is 4.74 Å². The summed E-state index contributed by atoms with van der Waals surface area (Å²) >= 11 is 1.68. The summed E-state index contributed by atoms with van der Waals surface area (Å²) < 4.78 is 5.92. The van der Waals surface area contributed by atoms with E-state index in [2.05, 4.69) is 11.9 Å². The lowest BCUT2D eigenvalue weighted by Gasteiger charge is -2.09. The molecule has 102 valence electrons. The fraction of sp³-hybridized carbons (Fsp3) is 0.188. The molecule has 2 N–H and O–H groups in total. The van der Waals surface area contributed by atoms with E-state index >= 15 is 0 Å². The molecule has 0 radical (unpaired) electrons. The van der Waals surface area contributed by atoms with Crippen molar-refractivity contribution in [3.05, 3.63) is 52.0 Å². The maximum Gasteiger partial charge on any atom is 0.140 e. The molecule has 3 rings (SSSR count). The van der Waals surface area contributed by atoms with Crippen LogP contribution in [-0.4, -0.2) is 4.98 Å². The summed E-state index contributed by atoms with van der Waals surface area (Å²) in [6.07, 6.45) is 0. The first-order valence-corrected chi connectivity index (χ1v) is 7.30. The molecule has 1 aromatic heterocycles. The summed E-state index contributed by atoms with van der Waals surface area (Å²) in [5.74, 6) is 0.848. The first kappa shape index (κ1) is 12.9. The van der Waals surface area contributed by atoms with Crippen LogP contribution in [0.3, 0.4) is 0 Å². The van der Waals surface area contributed by atoms with Crippen molar-refractivity contribution in [2.75, 3.05) is 5.73 Å². The highest BCUT2D eigenvalue weighted by Crippen LogP contribution is 2.30. The molecule has 0 aliphatic carbocycles. The fourth-order valence-electron chi connectivity index (χ4n) is 2.16. The number of benzene rings is 2. The molecule has 1 heterocycles. The Morgan fingerprint density at radius 1 is 1.10 bits per heavy atom. The third-order valence-electron chi connectivity index (χ3n) is 3.34. The number of hydrogen-bond acceptors (Lipinski definition) is 4. The number of hydrogen-bond donors (Lipinski definition) is 1. The van der Waals surface area contributed by atoms with Crippen LogP contribution >= 0.6 is 11.3 Å².